The number of nitrogens with zero attached hydrogens (tertiary/aromatic N) is 1. The molecule has 0 radical (unpaired) electrons. The van der Waals surface area contributed by atoms with Gasteiger partial charge >= 0.3 is 5.97 Å². The van der Waals surface area contributed by atoms with Crippen LogP contribution in [0.3, 0.4) is 0 Å². The highest BCUT2D eigenvalue weighted by Crippen LogP contribution is 1.98. The first-order valence-corrected chi connectivity index (χ1v) is 5.18. The number of aliphatic carboxylic acids is 1. The third-order valence-corrected chi connectivity index (χ3v) is 2.12. The van der Waals surface area contributed by atoms with Crippen molar-refractivity contribution in [1.82, 2.24) is 10.3 Å². The number of hydrogen-bond donors (Lipinski definition) is 2. The van der Waals surface area contributed by atoms with E-state index in [1.54, 1.807) is 24.5 Å². The van der Waals surface area contributed by atoms with Gasteiger partial charge in [0.2, 0.25) is 5.91 Å². The number of nitrogens with one attached hydrogen (secondary N) is 1. The molecule has 0 aliphatic rings. The van der Waals surface area contributed by atoms with Crippen LogP contribution in [0.15, 0.2) is 30.6 Å². The van der Waals surface area contributed by atoms with Gasteiger partial charge in [0, 0.05) is 25.0 Å². The van der Waals surface area contributed by atoms with Gasteiger partial charge < -0.3 is 10.4 Å². The average Bonchev–Trinajstić information content (AvgIpc) is 2.34. The Labute approximate surface area is 99.2 Å². The molecule has 2 N–H and O–H groups in total. The van der Waals surface area contributed by atoms with E-state index in [1.807, 2.05) is 6.07 Å². The lowest BCUT2D eigenvalue weighted by Gasteiger charge is -2.05. The van der Waals surface area contributed by atoms with Gasteiger partial charge in [-0.05, 0) is 17.7 Å². The normalized spacial score (nSPS) is 12.3. The lowest BCUT2D eigenvalue weighted by molar-refractivity contribution is -0.141. The molecule has 1 aromatic heterocycles. The van der Waals surface area contributed by atoms with Crippen LogP contribution in [-0.2, 0) is 9.59 Å². The molecule has 17 heavy (non-hydrogen) atoms. The van der Waals surface area contributed by atoms with Gasteiger partial charge in [-0.1, -0.05) is 13.0 Å². The van der Waals surface area contributed by atoms with Crippen molar-refractivity contribution in [2.75, 3.05) is 6.54 Å². The SMILES string of the molecule is CC(CNC(=O)/C=C/c1cccnc1)C(=O)O. The Morgan fingerprint density at radius 3 is 2.94 bits per heavy atom. The van der Waals surface area contributed by atoms with Crippen molar-refractivity contribution in [2.45, 2.75) is 6.92 Å². The second kappa shape index (κ2) is 6.42. The molecule has 0 saturated carbocycles. The third kappa shape index (κ3) is 4.92. The summed E-state index contributed by atoms with van der Waals surface area (Å²) in [6.45, 7) is 1.65. The first-order valence-electron chi connectivity index (χ1n) is 5.18. The minimum absolute atomic E-state index is 0.117. The lowest BCUT2D eigenvalue weighted by Crippen LogP contribution is -2.30. The van der Waals surface area contributed by atoms with Crippen LogP contribution in [-0.4, -0.2) is 28.5 Å². The highest BCUT2D eigenvalue weighted by atomic mass is 16.4. The van der Waals surface area contributed by atoms with Crippen molar-refractivity contribution < 1.29 is 14.7 Å². The number of aromatic nitrogens is 1. The number of carbonyl (C=O) groups is 2. The number of carboxylic acid groups (broad SMARTS) is 1. The summed E-state index contributed by atoms with van der Waals surface area (Å²) in [6, 6.07) is 3.58. The molecule has 0 bridgehead atoms. The molecule has 0 aromatic carbocycles. The van der Waals surface area contributed by atoms with Crippen LogP contribution >= 0.6 is 0 Å². The second-order valence-corrected chi connectivity index (χ2v) is 3.60. The predicted octanol–water partition coefficient (Wildman–Crippen LogP) is 0.932. The maximum absolute atomic E-state index is 11.3. The van der Waals surface area contributed by atoms with Crippen LogP contribution in [0.5, 0.6) is 0 Å². The number of amides is 1. The molecule has 5 nitrogen and oxygen atoms in total. The van der Waals surface area contributed by atoms with E-state index in [0.717, 1.165) is 5.56 Å². The molecule has 0 fully saturated rings. The zero-order valence-electron chi connectivity index (χ0n) is 9.46. The smallest absolute Gasteiger partial charge is 0.308 e. The van der Waals surface area contributed by atoms with Crippen LogP contribution in [0.2, 0.25) is 0 Å². The van der Waals surface area contributed by atoms with Crippen molar-refractivity contribution in [3.63, 3.8) is 0 Å². The summed E-state index contributed by atoms with van der Waals surface area (Å²) in [7, 11) is 0. The zero-order chi connectivity index (χ0) is 12.7. The molecule has 0 aliphatic carbocycles. The lowest BCUT2D eigenvalue weighted by atomic mass is 10.2. The standard InChI is InChI=1S/C12H14N2O3/c1-9(12(16)17)7-14-11(15)5-4-10-3-2-6-13-8-10/h2-6,8-9H,7H2,1H3,(H,14,15)(H,16,17)/b5-4+. The highest BCUT2D eigenvalue weighted by Gasteiger charge is 2.10. The van der Waals surface area contributed by atoms with Crippen LogP contribution in [0, 0.1) is 5.92 Å². The molecule has 5 heteroatoms. The van der Waals surface area contributed by atoms with E-state index in [4.69, 9.17) is 5.11 Å². The summed E-state index contributed by atoms with van der Waals surface area (Å²) in [5.41, 5.74) is 0.814. The molecule has 1 atom stereocenters. The number of pyridine rings is 1. The summed E-state index contributed by atoms with van der Waals surface area (Å²) < 4.78 is 0. The van der Waals surface area contributed by atoms with E-state index in [-0.39, 0.29) is 12.5 Å². The number of carboxylic acids is 1. The number of rotatable bonds is 5. The maximum atomic E-state index is 11.3. The summed E-state index contributed by atoms with van der Waals surface area (Å²) >= 11 is 0. The van der Waals surface area contributed by atoms with Crippen molar-refractivity contribution in [3.8, 4) is 0 Å². The van der Waals surface area contributed by atoms with Crippen LogP contribution in [0.4, 0.5) is 0 Å². The van der Waals surface area contributed by atoms with Gasteiger partial charge in [-0.15, -0.1) is 0 Å². The van der Waals surface area contributed by atoms with E-state index in [1.165, 1.54) is 13.0 Å². The third-order valence-electron chi connectivity index (χ3n) is 2.12. The molecule has 90 valence electrons. The summed E-state index contributed by atoms with van der Waals surface area (Å²) in [5.74, 6) is -1.84. The molecule has 0 saturated heterocycles. The summed E-state index contributed by atoms with van der Waals surface area (Å²) in [6.07, 6.45) is 6.24. The zero-order valence-corrected chi connectivity index (χ0v) is 9.46. The molecular formula is C12H14N2O3. The van der Waals surface area contributed by atoms with Crippen molar-refractivity contribution in [3.05, 3.63) is 36.2 Å². The highest BCUT2D eigenvalue weighted by molar-refractivity contribution is 5.91. The first-order chi connectivity index (χ1) is 8.09. The maximum Gasteiger partial charge on any atom is 0.308 e. The number of carbonyl (C=O) groups excluding carboxylic acids is 1. The molecule has 1 aromatic rings. The van der Waals surface area contributed by atoms with E-state index < -0.39 is 11.9 Å². The van der Waals surface area contributed by atoms with Crippen LogP contribution in [0.1, 0.15) is 12.5 Å². The Kier molecular flexibility index (Phi) is 4.87. The van der Waals surface area contributed by atoms with E-state index in [0.29, 0.717) is 0 Å². The molecule has 1 heterocycles. The van der Waals surface area contributed by atoms with Gasteiger partial charge in [0.05, 0.1) is 5.92 Å². The van der Waals surface area contributed by atoms with E-state index >= 15 is 0 Å². The van der Waals surface area contributed by atoms with Crippen molar-refractivity contribution in [2.24, 2.45) is 5.92 Å². The van der Waals surface area contributed by atoms with Gasteiger partial charge in [-0.3, -0.25) is 14.6 Å². The topological polar surface area (TPSA) is 79.3 Å². The van der Waals surface area contributed by atoms with Gasteiger partial charge in [0.15, 0.2) is 0 Å². The van der Waals surface area contributed by atoms with Crippen LogP contribution in [0.25, 0.3) is 6.08 Å². The fourth-order valence-corrected chi connectivity index (χ4v) is 1.05. The Morgan fingerprint density at radius 1 is 1.59 bits per heavy atom. The minimum Gasteiger partial charge on any atom is -0.481 e. The van der Waals surface area contributed by atoms with Gasteiger partial charge in [0.25, 0.3) is 0 Å². The molecular weight excluding hydrogens is 220 g/mol. The molecule has 1 unspecified atom stereocenters. The summed E-state index contributed by atoms with van der Waals surface area (Å²) in [5, 5.41) is 11.1. The molecule has 0 spiro atoms. The molecule has 0 aliphatic heterocycles. The Bertz CT molecular complexity index is 415. The predicted molar refractivity (Wildman–Crippen MR) is 63.1 cm³/mol. The molecule has 1 rings (SSSR count). The quantitative estimate of drug-likeness (QED) is 0.743. The van der Waals surface area contributed by atoms with Crippen molar-refractivity contribution in [1.29, 1.82) is 0 Å². The van der Waals surface area contributed by atoms with Gasteiger partial charge in [-0.25, -0.2) is 0 Å². The monoisotopic (exact) mass is 234 g/mol. The number of hydrogen-bond acceptors (Lipinski definition) is 3. The van der Waals surface area contributed by atoms with Gasteiger partial charge in [0.1, 0.15) is 0 Å². The first kappa shape index (κ1) is 12.9. The minimum atomic E-state index is -0.929. The second-order valence-electron chi connectivity index (χ2n) is 3.60. The average molecular weight is 234 g/mol. The largest absolute Gasteiger partial charge is 0.481 e. The van der Waals surface area contributed by atoms with E-state index in [9.17, 15) is 9.59 Å². The Morgan fingerprint density at radius 2 is 2.35 bits per heavy atom. The van der Waals surface area contributed by atoms with Crippen molar-refractivity contribution >= 4 is 18.0 Å². The molecule has 1 amide bonds. The Balaban J connectivity index is 2.40. The van der Waals surface area contributed by atoms with Crippen LogP contribution < -0.4 is 5.32 Å². The fraction of sp³-hybridized carbons (Fsp3) is 0.250. The van der Waals surface area contributed by atoms with Gasteiger partial charge in [-0.2, -0.15) is 0 Å². The Hall–Kier alpha value is -2.17. The fourth-order valence-electron chi connectivity index (χ4n) is 1.05. The summed E-state index contributed by atoms with van der Waals surface area (Å²) in [4.78, 5) is 25.7. The van der Waals surface area contributed by atoms with E-state index in [2.05, 4.69) is 10.3 Å².